The smallest absolute Gasteiger partial charge is 0.296 e. The molecular formula is C25H25NO8. The van der Waals surface area contributed by atoms with Crippen LogP contribution >= 0.6 is 0 Å². The van der Waals surface area contributed by atoms with Crippen LogP contribution in [0.25, 0.3) is 5.76 Å². The molecule has 2 aromatic rings. The average Bonchev–Trinajstić information content (AvgIpc) is 3.28. The highest BCUT2D eigenvalue weighted by molar-refractivity contribution is 6.48. The van der Waals surface area contributed by atoms with Gasteiger partial charge in [-0.2, -0.15) is 0 Å². The number of nitrogens with zero attached hydrogens (tertiary/aromatic N) is 1. The van der Waals surface area contributed by atoms with E-state index in [1.807, 2.05) is 13.8 Å². The number of ketones is 1. The molecule has 2 aromatic carbocycles. The summed E-state index contributed by atoms with van der Waals surface area (Å²) in [7, 11) is 2.91. The number of amides is 1. The van der Waals surface area contributed by atoms with Crippen molar-refractivity contribution in [3.8, 4) is 11.5 Å². The SMILES string of the molecule is COc1ccc(C2=C3C(=O)C(=O)N(CC(C)C)[C@]34C(O)(O)c3ccccc3[C@]4(O)O2)cc1OC. The molecule has 2 heterocycles. The van der Waals surface area contributed by atoms with Crippen molar-refractivity contribution in [1.82, 2.24) is 4.90 Å². The monoisotopic (exact) mass is 467 g/mol. The summed E-state index contributed by atoms with van der Waals surface area (Å²) in [6, 6.07) is 10.8. The largest absolute Gasteiger partial charge is 0.493 e. The van der Waals surface area contributed by atoms with Gasteiger partial charge in [0.1, 0.15) is 5.76 Å². The maximum atomic E-state index is 13.4. The number of likely N-dealkylation sites (tertiary alicyclic amines) is 1. The molecule has 9 heteroatoms. The van der Waals surface area contributed by atoms with Gasteiger partial charge in [0.05, 0.1) is 19.8 Å². The van der Waals surface area contributed by atoms with Gasteiger partial charge in [-0.1, -0.05) is 38.1 Å². The predicted molar refractivity (Wildman–Crippen MR) is 118 cm³/mol. The first-order valence-corrected chi connectivity index (χ1v) is 10.9. The Kier molecular flexibility index (Phi) is 4.64. The van der Waals surface area contributed by atoms with E-state index in [-0.39, 0.29) is 34.9 Å². The Morgan fingerprint density at radius 1 is 0.971 bits per heavy atom. The number of carbonyl (C=O) groups excluding carboxylic acids is 2. The number of ether oxygens (including phenoxy) is 3. The van der Waals surface area contributed by atoms with Crippen molar-refractivity contribution in [2.45, 2.75) is 31.0 Å². The molecule has 1 amide bonds. The number of aliphatic hydroxyl groups is 3. The van der Waals surface area contributed by atoms with Crippen LogP contribution in [0.2, 0.25) is 0 Å². The molecule has 9 nitrogen and oxygen atoms in total. The molecule has 0 bridgehead atoms. The molecule has 0 radical (unpaired) electrons. The number of hydrogen-bond donors (Lipinski definition) is 3. The highest BCUT2D eigenvalue weighted by Crippen LogP contribution is 2.67. The van der Waals surface area contributed by atoms with Gasteiger partial charge in [-0.05, 0) is 24.1 Å². The van der Waals surface area contributed by atoms with Crippen LogP contribution < -0.4 is 9.47 Å². The highest BCUT2D eigenvalue weighted by atomic mass is 16.6. The molecule has 0 saturated carbocycles. The topological polar surface area (TPSA) is 126 Å². The summed E-state index contributed by atoms with van der Waals surface area (Å²) < 4.78 is 16.7. The number of fused-ring (bicyclic) bond motifs is 2. The molecule has 2 atom stereocenters. The summed E-state index contributed by atoms with van der Waals surface area (Å²) in [5, 5.41) is 35.3. The third-order valence-electron chi connectivity index (χ3n) is 6.77. The van der Waals surface area contributed by atoms with Gasteiger partial charge in [-0.3, -0.25) is 9.59 Å². The van der Waals surface area contributed by atoms with E-state index in [1.54, 1.807) is 24.3 Å². The van der Waals surface area contributed by atoms with Crippen molar-refractivity contribution in [2.24, 2.45) is 5.92 Å². The van der Waals surface area contributed by atoms with Gasteiger partial charge in [0.2, 0.25) is 11.3 Å². The number of methoxy groups -OCH3 is 2. The van der Waals surface area contributed by atoms with Crippen LogP contribution in [0.3, 0.4) is 0 Å². The lowest BCUT2D eigenvalue weighted by molar-refractivity contribution is -0.312. The lowest BCUT2D eigenvalue weighted by Crippen LogP contribution is -2.66. The van der Waals surface area contributed by atoms with E-state index >= 15 is 0 Å². The van der Waals surface area contributed by atoms with Crippen LogP contribution in [0.1, 0.15) is 30.5 Å². The summed E-state index contributed by atoms with van der Waals surface area (Å²) in [5.41, 5.74) is -2.29. The minimum atomic E-state index is -2.82. The molecule has 2 aliphatic heterocycles. The minimum Gasteiger partial charge on any atom is -0.493 e. The first kappa shape index (κ1) is 22.4. The molecular weight excluding hydrogens is 442 g/mol. The maximum Gasteiger partial charge on any atom is 0.296 e. The zero-order chi connectivity index (χ0) is 24.6. The van der Waals surface area contributed by atoms with Crippen molar-refractivity contribution in [2.75, 3.05) is 20.8 Å². The second-order valence-electron chi connectivity index (χ2n) is 9.09. The second-order valence-corrected chi connectivity index (χ2v) is 9.09. The molecule has 178 valence electrons. The molecule has 1 fully saturated rings. The summed E-state index contributed by atoms with van der Waals surface area (Å²) >= 11 is 0. The van der Waals surface area contributed by atoms with Crippen molar-refractivity contribution in [3.63, 3.8) is 0 Å². The van der Waals surface area contributed by atoms with Gasteiger partial charge in [0, 0.05) is 23.2 Å². The van der Waals surface area contributed by atoms with E-state index in [0.717, 1.165) is 4.90 Å². The first-order valence-electron chi connectivity index (χ1n) is 10.9. The van der Waals surface area contributed by atoms with Gasteiger partial charge >= 0.3 is 0 Å². The van der Waals surface area contributed by atoms with Crippen molar-refractivity contribution in [1.29, 1.82) is 0 Å². The quantitative estimate of drug-likeness (QED) is 0.443. The molecule has 34 heavy (non-hydrogen) atoms. The summed E-state index contributed by atoms with van der Waals surface area (Å²) in [5.74, 6) is -6.70. The summed E-state index contributed by atoms with van der Waals surface area (Å²) in [6.07, 6.45) is 0. The molecule has 1 aliphatic carbocycles. The Hall–Kier alpha value is -3.40. The third kappa shape index (κ3) is 2.38. The Morgan fingerprint density at radius 3 is 2.24 bits per heavy atom. The number of rotatable bonds is 5. The lowest BCUT2D eigenvalue weighted by Gasteiger charge is -2.45. The van der Waals surface area contributed by atoms with Crippen LogP contribution in [0.4, 0.5) is 0 Å². The fourth-order valence-corrected chi connectivity index (χ4v) is 5.47. The number of carbonyl (C=O) groups is 2. The van der Waals surface area contributed by atoms with Crippen LogP contribution in [0.15, 0.2) is 48.0 Å². The van der Waals surface area contributed by atoms with Gasteiger partial charge in [-0.15, -0.1) is 0 Å². The fraction of sp³-hybridized carbons (Fsp3) is 0.360. The third-order valence-corrected chi connectivity index (χ3v) is 6.77. The molecule has 5 rings (SSSR count). The van der Waals surface area contributed by atoms with Crippen LogP contribution in [0.5, 0.6) is 11.5 Å². The Balaban J connectivity index is 1.86. The van der Waals surface area contributed by atoms with Crippen molar-refractivity contribution in [3.05, 3.63) is 64.7 Å². The van der Waals surface area contributed by atoms with Crippen molar-refractivity contribution >= 4 is 17.4 Å². The van der Waals surface area contributed by atoms with Crippen LogP contribution in [-0.2, 0) is 25.9 Å². The highest BCUT2D eigenvalue weighted by Gasteiger charge is 2.85. The van der Waals surface area contributed by atoms with E-state index in [4.69, 9.17) is 14.2 Å². The van der Waals surface area contributed by atoms with E-state index < -0.39 is 28.8 Å². The van der Waals surface area contributed by atoms with Crippen LogP contribution in [0, 0.1) is 5.92 Å². The number of hydrogen-bond acceptors (Lipinski definition) is 8. The van der Waals surface area contributed by atoms with E-state index in [9.17, 15) is 24.9 Å². The average molecular weight is 467 g/mol. The summed E-state index contributed by atoms with van der Waals surface area (Å²) in [4.78, 5) is 27.8. The molecule has 0 unspecified atom stereocenters. The van der Waals surface area contributed by atoms with Crippen molar-refractivity contribution < 1.29 is 39.1 Å². The summed E-state index contributed by atoms with van der Waals surface area (Å²) in [6.45, 7) is 3.62. The van der Waals surface area contributed by atoms with E-state index in [2.05, 4.69) is 0 Å². The van der Waals surface area contributed by atoms with Gasteiger partial charge in [0.25, 0.3) is 17.5 Å². The van der Waals surface area contributed by atoms with E-state index in [1.165, 1.54) is 32.4 Å². The standard InChI is InChI=1S/C25H25NO8/c1-13(2)12-26-22(28)20(27)19-21(14-9-10-17(32-3)18(11-14)33-4)34-25(31)16-8-6-5-7-15(16)24(29,30)23(19,25)26/h5-11,13,29-31H,12H2,1-4H3/t23-,25-/m0/s1. The Labute approximate surface area is 195 Å². The minimum absolute atomic E-state index is 0.0180. The predicted octanol–water partition coefficient (Wildman–Crippen LogP) is 1.25. The second kappa shape index (κ2) is 7.05. The zero-order valence-corrected chi connectivity index (χ0v) is 19.2. The molecule has 1 spiro atoms. The molecule has 1 saturated heterocycles. The number of Topliss-reactive ketones (excluding diaryl/α,β-unsaturated/α-hetero) is 1. The first-order chi connectivity index (χ1) is 16.1. The zero-order valence-electron chi connectivity index (χ0n) is 19.2. The lowest BCUT2D eigenvalue weighted by atomic mass is 9.78. The molecule has 3 aliphatic rings. The maximum absolute atomic E-state index is 13.4. The Morgan fingerprint density at radius 2 is 1.62 bits per heavy atom. The van der Waals surface area contributed by atoms with Gasteiger partial charge in [0.15, 0.2) is 11.5 Å². The Bertz CT molecular complexity index is 1270. The van der Waals surface area contributed by atoms with Gasteiger partial charge in [-0.25, -0.2) is 0 Å². The van der Waals surface area contributed by atoms with Crippen LogP contribution in [-0.4, -0.2) is 58.2 Å². The molecule has 0 aromatic heterocycles. The van der Waals surface area contributed by atoms with E-state index in [0.29, 0.717) is 17.1 Å². The number of benzene rings is 2. The van der Waals surface area contributed by atoms with Gasteiger partial charge < -0.3 is 34.4 Å². The normalized spacial score (nSPS) is 26.5. The fourth-order valence-electron chi connectivity index (χ4n) is 5.47. The molecule has 3 N–H and O–H groups in total.